The number of hydrogen-bond acceptors (Lipinski definition) is 1. The van der Waals surface area contributed by atoms with Crippen LogP contribution in [0.5, 0.6) is 0 Å². The third-order valence-corrected chi connectivity index (χ3v) is 6.77. The van der Waals surface area contributed by atoms with Crippen LogP contribution < -0.4 is 0 Å². The molecule has 0 N–H and O–H groups in total. The van der Waals surface area contributed by atoms with Gasteiger partial charge in [-0.2, -0.15) is 0 Å². The number of unbranched alkanes of at least 4 members (excludes halogenated alkanes) is 12. The van der Waals surface area contributed by atoms with Crippen molar-refractivity contribution in [2.24, 2.45) is 11.8 Å². The lowest BCUT2D eigenvalue weighted by molar-refractivity contribution is -0.0244. The molecule has 0 fully saturated rings. The van der Waals surface area contributed by atoms with Gasteiger partial charge in [0, 0.05) is 0 Å². The van der Waals surface area contributed by atoms with E-state index in [1.54, 1.807) is 0 Å². The van der Waals surface area contributed by atoms with Crippen molar-refractivity contribution < 1.29 is 4.43 Å². The smallest absolute Gasteiger partial charge is 0.146 e. The van der Waals surface area contributed by atoms with Crippen LogP contribution in [0.4, 0.5) is 0 Å². The Labute approximate surface area is 157 Å². The molecule has 0 spiro atoms. The van der Waals surface area contributed by atoms with Crippen LogP contribution >= 0.6 is 0 Å². The van der Waals surface area contributed by atoms with Crippen LogP contribution in [-0.4, -0.2) is 16.1 Å². The van der Waals surface area contributed by atoms with Gasteiger partial charge < -0.3 is 4.43 Å². The Morgan fingerprint density at radius 2 is 0.958 bits per heavy atom. The molecule has 146 valence electrons. The highest BCUT2D eigenvalue weighted by atomic mass is 28.2. The van der Waals surface area contributed by atoms with Gasteiger partial charge in [-0.1, -0.05) is 118 Å². The standard InChI is InChI=1S/C22H48OSi/c1-6-7-8-9-10-11-12-13-14-15-16-17-18-19-22(23-24,20(2)3)21(4)5/h20-21H,6-19H2,1-5,24H3. The summed E-state index contributed by atoms with van der Waals surface area (Å²) in [4.78, 5) is 0. The van der Waals surface area contributed by atoms with Crippen LogP contribution in [0.25, 0.3) is 0 Å². The molecule has 0 bridgehead atoms. The van der Waals surface area contributed by atoms with Crippen molar-refractivity contribution in [1.29, 1.82) is 0 Å². The Morgan fingerprint density at radius 1 is 0.625 bits per heavy atom. The lowest BCUT2D eigenvalue weighted by atomic mass is 9.77. The summed E-state index contributed by atoms with van der Waals surface area (Å²) in [6, 6.07) is 0. The first-order chi connectivity index (χ1) is 11.5. The van der Waals surface area contributed by atoms with E-state index in [0.29, 0.717) is 11.8 Å². The minimum Gasteiger partial charge on any atom is -0.422 e. The van der Waals surface area contributed by atoms with E-state index in [1.807, 2.05) is 0 Å². The summed E-state index contributed by atoms with van der Waals surface area (Å²) in [7, 11) is 0.863. The van der Waals surface area contributed by atoms with Gasteiger partial charge >= 0.3 is 0 Å². The van der Waals surface area contributed by atoms with Gasteiger partial charge in [0.25, 0.3) is 0 Å². The molecule has 0 unspecified atom stereocenters. The average Bonchev–Trinajstić information content (AvgIpc) is 2.55. The normalized spacial score (nSPS) is 12.6. The predicted octanol–water partition coefficient (Wildman–Crippen LogP) is 6.82. The Morgan fingerprint density at radius 3 is 1.25 bits per heavy atom. The zero-order valence-electron chi connectivity index (χ0n) is 18.0. The van der Waals surface area contributed by atoms with E-state index < -0.39 is 0 Å². The van der Waals surface area contributed by atoms with Gasteiger partial charge in [0.05, 0.1) is 5.60 Å². The fourth-order valence-corrected chi connectivity index (χ4v) is 5.38. The van der Waals surface area contributed by atoms with Gasteiger partial charge in [0.1, 0.15) is 10.5 Å². The molecule has 0 rings (SSSR count). The Bertz CT molecular complexity index is 255. The van der Waals surface area contributed by atoms with Gasteiger partial charge in [-0.25, -0.2) is 0 Å². The van der Waals surface area contributed by atoms with E-state index in [1.165, 1.54) is 89.9 Å². The van der Waals surface area contributed by atoms with Crippen LogP contribution in [0.15, 0.2) is 0 Å². The molecule has 0 saturated heterocycles. The zero-order valence-corrected chi connectivity index (χ0v) is 20.0. The van der Waals surface area contributed by atoms with E-state index in [0.717, 1.165) is 10.5 Å². The molecule has 0 aliphatic heterocycles. The van der Waals surface area contributed by atoms with Crippen molar-refractivity contribution in [3.05, 3.63) is 0 Å². The average molecular weight is 357 g/mol. The molecule has 0 radical (unpaired) electrons. The molecule has 0 aliphatic rings. The third-order valence-electron chi connectivity index (χ3n) is 6.01. The summed E-state index contributed by atoms with van der Waals surface area (Å²) < 4.78 is 6.11. The number of hydrogen-bond donors (Lipinski definition) is 0. The lowest BCUT2D eigenvalue weighted by Gasteiger charge is -2.41. The summed E-state index contributed by atoms with van der Waals surface area (Å²) >= 11 is 0. The fourth-order valence-electron chi connectivity index (χ4n) is 4.24. The number of rotatable bonds is 17. The summed E-state index contributed by atoms with van der Waals surface area (Å²) in [5.74, 6) is 1.26. The molecule has 0 saturated carbocycles. The van der Waals surface area contributed by atoms with Gasteiger partial charge in [0.15, 0.2) is 0 Å². The second-order valence-corrected chi connectivity index (χ2v) is 8.87. The maximum atomic E-state index is 6.11. The minimum absolute atomic E-state index is 0.143. The molecular formula is C22H48OSi. The zero-order chi connectivity index (χ0) is 18.3. The molecule has 24 heavy (non-hydrogen) atoms. The topological polar surface area (TPSA) is 9.23 Å². The molecule has 0 aromatic carbocycles. The highest BCUT2D eigenvalue weighted by Crippen LogP contribution is 2.35. The molecule has 0 amide bonds. The SMILES string of the molecule is CCCCCCCCCCCCCCCC(O[SiH3])(C(C)C)C(C)C. The Kier molecular flexibility index (Phi) is 15.5. The maximum absolute atomic E-state index is 6.11. The van der Waals surface area contributed by atoms with E-state index >= 15 is 0 Å². The van der Waals surface area contributed by atoms with Crippen LogP contribution in [0.1, 0.15) is 125 Å². The quantitative estimate of drug-likeness (QED) is 0.205. The highest BCUT2D eigenvalue weighted by Gasteiger charge is 2.35. The van der Waals surface area contributed by atoms with E-state index in [4.69, 9.17) is 4.43 Å². The summed E-state index contributed by atoms with van der Waals surface area (Å²) in [6.45, 7) is 11.6. The van der Waals surface area contributed by atoms with E-state index in [2.05, 4.69) is 34.6 Å². The second kappa shape index (κ2) is 15.4. The molecule has 0 heterocycles. The largest absolute Gasteiger partial charge is 0.422 e. The molecule has 0 aromatic heterocycles. The monoisotopic (exact) mass is 356 g/mol. The molecule has 1 nitrogen and oxygen atoms in total. The van der Waals surface area contributed by atoms with Crippen LogP contribution in [0, 0.1) is 11.8 Å². The summed E-state index contributed by atoms with van der Waals surface area (Å²) in [5, 5.41) is 0. The summed E-state index contributed by atoms with van der Waals surface area (Å²) in [6.07, 6.45) is 19.9. The molecule has 0 atom stereocenters. The molecule has 0 aromatic rings. The minimum atomic E-state index is 0.143. The van der Waals surface area contributed by atoms with Gasteiger partial charge in [-0.3, -0.25) is 0 Å². The highest BCUT2D eigenvalue weighted by molar-refractivity contribution is 5.98. The lowest BCUT2D eigenvalue weighted by Crippen LogP contribution is -2.43. The van der Waals surface area contributed by atoms with Gasteiger partial charge in [-0.15, -0.1) is 0 Å². The maximum Gasteiger partial charge on any atom is 0.146 e. The van der Waals surface area contributed by atoms with Gasteiger partial charge in [-0.05, 0) is 18.3 Å². The van der Waals surface area contributed by atoms with Crippen molar-refractivity contribution in [1.82, 2.24) is 0 Å². The predicted molar refractivity (Wildman–Crippen MR) is 114 cm³/mol. The molecular weight excluding hydrogens is 308 g/mol. The van der Waals surface area contributed by atoms with Crippen LogP contribution in [-0.2, 0) is 4.43 Å². The first-order valence-corrected chi connectivity index (χ1v) is 11.9. The Balaban J connectivity index is 3.53. The van der Waals surface area contributed by atoms with Crippen LogP contribution in [0.2, 0.25) is 0 Å². The third kappa shape index (κ3) is 10.2. The van der Waals surface area contributed by atoms with Crippen molar-refractivity contribution in [3.8, 4) is 0 Å². The van der Waals surface area contributed by atoms with E-state index in [9.17, 15) is 0 Å². The Hall–Kier alpha value is 0.177. The second-order valence-electron chi connectivity index (χ2n) is 8.46. The van der Waals surface area contributed by atoms with Crippen molar-refractivity contribution in [2.75, 3.05) is 0 Å². The fraction of sp³-hybridized carbons (Fsp3) is 1.00. The van der Waals surface area contributed by atoms with Crippen molar-refractivity contribution in [3.63, 3.8) is 0 Å². The first-order valence-electron chi connectivity index (χ1n) is 11.1. The molecule has 2 heteroatoms. The first kappa shape index (κ1) is 24.2. The van der Waals surface area contributed by atoms with Crippen molar-refractivity contribution in [2.45, 2.75) is 130 Å². The van der Waals surface area contributed by atoms with Gasteiger partial charge in [0.2, 0.25) is 0 Å². The molecule has 0 aliphatic carbocycles. The van der Waals surface area contributed by atoms with E-state index in [-0.39, 0.29) is 5.60 Å². The summed E-state index contributed by atoms with van der Waals surface area (Å²) in [5.41, 5.74) is 0.143. The van der Waals surface area contributed by atoms with Crippen LogP contribution in [0.3, 0.4) is 0 Å². The van der Waals surface area contributed by atoms with Crippen molar-refractivity contribution >= 4 is 10.5 Å².